The van der Waals surface area contributed by atoms with E-state index in [1.165, 1.54) is 20.3 Å². The van der Waals surface area contributed by atoms with Gasteiger partial charge in [0.1, 0.15) is 5.76 Å². The Labute approximate surface area is 137 Å². The molecule has 3 rings (SSSR count). The molecule has 0 aromatic heterocycles. The van der Waals surface area contributed by atoms with Crippen molar-refractivity contribution in [1.29, 1.82) is 0 Å². The Morgan fingerprint density at radius 2 is 1.71 bits per heavy atom. The summed E-state index contributed by atoms with van der Waals surface area (Å²) in [7, 11) is 2.52. The molecule has 0 fully saturated rings. The molecule has 2 aliphatic rings. The summed E-state index contributed by atoms with van der Waals surface area (Å²) < 4.78 is 10.0. The molecule has 0 spiro atoms. The van der Waals surface area contributed by atoms with Crippen molar-refractivity contribution in [2.75, 3.05) is 14.2 Å². The molecule has 0 amide bonds. The van der Waals surface area contributed by atoms with Gasteiger partial charge >= 0.3 is 0 Å². The van der Waals surface area contributed by atoms with Gasteiger partial charge in [0.15, 0.2) is 28.8 Å². The van der Waals surface area contributed by atoms with Crippen LogP contribution in [0.2, 0.25) is 0 Å². The highest BCUT2D eigenvalue weighted by Gasteiger charge is 2.48. The van der Waals surface area contributed by atoms with Crippen molar-refractivity contribution in [1.82, 2.24) is 0 Å². The van der Waals surface area contributed by atoms with Gasteiger partial charge in [0.25, 0.3) is 0 Å². The van der Waals surface area contributed by atoms with E-state index in [1.54, 1.807) is 6.92 Å². The molecule has 0 aliphatic heterocycles. The van der Waals surface area contributed by atoms with Crippen LogP contribution in [-0.2, 0) is 4.74 Å². The van der Waals surface area contributed by atoms with Crippen LogP contribution in [0.15, 0.2) is 29.2 Å². The zero-order valence-electron chi connectivity index (χ0n) is 13.3. The molecule has 2 aliphatic carbocycles. The Hall–Kier alpha value is -2.96. The molecule has 2 atom stereocenters. The number of aliphatic hydroxyl groups excluding tert-OH is 1. The highest BCUT2D eigenvalue weighted by molar-refractivity contribution is 6.19. The van der Waals surface area contributed by atoms with Gasteiger partial charge in [-0.25, -0.2) is 0 Å². The van der Waals surface area contributed by atoms with Crippen molar-refractivity contribution in [3.05, 3.63) is 40.4 Å². The maximum absolute atomic E-state index is 12.9. The zero-order valence-corrected chi connectivity index (χ0v) is 13.3. The summed E-state index contributed by atoms with van der Waals surface area (Å²) in [5.41, 5.74) is 0.0869. The van der Waals surface area contributed by atoms with Gasteiger partial charge in [-0.15, -0.1) is 0 Å². The summed E-state index contributed by atoms with van der Waals surface area (Å²) >= 11 is 0. The summed E-state index contributed by atoms with van der Waals surface area (Å²) in [4.78, 5) is 25.7. The lowest BCUT2D eigenvalue weighted by Crippen LogP contribution is -2.39. The topological polar surface area (TPSA) is 113 Å². The van der Waals surface area contributed by atoms with Crippen molar-refractivity contribution in [3.63, 3.8) is 0 Å². The monoisotopic (exact) mass is 332 g/mol. The van der Waals surface area contributed by atoms with Crippen LogP contribution in [0.1, 0.15) is 27.6 Å². The van der Waals surface area contributed by atoms with Gasteiger partial charge in [0.05, 0.1) is 31.6 Å². The predicted molar refractivity (Wildman–Crippen MR) is 82.4 cm³/mol. The minimum absolute atomic E-state index is 0.0181. The number of phenols is 2. The molecule has 1 aromatic carbocycles. The minimum atomic E-state index is -1.07. The first kappa shape index (κ1) is 15.9. The van der Waals surface area contributed by atoms with Crippen molar-refractivity contribution in [2.45, 2.75) is 6.92 Å². The number of hydrogen-bond donors (Lipinski definition) is 3. The van der Waals surface area contributed by atoms with E-state index < -0.39 is 34.9 Å². The summed E-state index contributed by atoms with van der Waals surface area (Å²) in [6.07, 6.45) is 1.49. The second-order valence-electron chi connectivity index (χ2n) is 5.70. The van der Waals surface area contributed by atoms with Crippen LogP contribution < -0.4 is 4.74 Å². The Bertz CT molecular complexity index is 832. The lowest BCUT2D eigenvalue weighted by atomic mass is 9.69. The lowest BCUT2D eigenvalue weighted by Gasteiger charge is -2.33. The number of benzene rings is 1. The van der Waals surface area contributed by atoms with Crippen molar-refractivity contribution >= 4 is 11.6 Å². The molecule has 7 heteroatoms. The third kappa shape index (κ3) is 1.90. The highest BCUT2D eigenvalue weighted by atomic mass is 16.5. The molecule has 3 N–H and O–H groups in total. The number of fused-ring (bicyclic) bond motifs is 2. The van der Waals surface area contributed by atoms with Crippen molar-refractivity contribution in [3.8, 4) is 17.2 Å². The molecule has 0 heterocycles. The Kier molecular flexibility index (Phi) is 3.51. The van der Waals surface area contributed by atoms with Gasteiger partial charge in [0.2, 0.25) is 5.75 Å². The standard InChI is InChI=1S/C17H16O7/c1-6-4-7-11(17(24-3)12(6)19)14(21)10-8(13(7)20)5-9(18)16(23-2)15(10)22/h4-5,7,11,18-19,22H,1-3H3/t7-,11+/m0/s1. The minimum Gasteiger partial charge on any atom is -0.504 e. The fraction of sp³-hybridized carbons (Fsp3) is 0.294. The number of hydrogen-bond acceptors (Lipinski definition) is 7. The van der Waals surface area contributed by atoms with Crippen LogP contribution in [0.5, 0.6) is 17.2 Å². The molecule has 0 radical (unpaired) electrons. The predicted octanol–water partition coefficient (Wildman–Crippen LogP) is 2.09. The first-order chi connectivity index (χ1) is 11.3. The number of rotatable bonds is 2. The first-order valence-corrected chi connectivity index (χ1v) is 7.20. The molecule has 126 valence electrons. The second kappa shape index (κ2) is 5.30. The number of methoxy groups -OCH3 is 2. The highest BCUT2D eigenvalue weighted by Crippen LogP contribution is 2.48. The Morgan fingerprint density at radius 3 is 2.29 bits per heavy atom. The number of aliphatic hydroxyl groups is 1. The fourth-order valence-corrected chi connectivity index (χ4v) is 3.30. The van der Waals surface area contributed by atoms with Gasteiger partial charge in [0, 0.05) is 5.56 Å². The number of ketones is 2. The SMILES string of the molecule is COC1=C(O)C(C)=C[C@@H]2C(=O)c3cc(O)c(OC)c(O)c3C(=O)[C@H]12. The molecule has 0 saturated carbocycles. The second-order valence-corrected chi connectivity index (χ2v) is 5.70. The van der Waals surface area contributed by atoms with Crippen LogP contribution in [0.4, 0.5) is 0 Å². The van der Waals surface area contributed by atoms with Crippen LogP contribution >= 0.6 is 0 Å². The number of carbonyl (C=O) groups is 2. The van der Waals surface area contributed by atoms with E-state index >= 15 is 0 Å². The molecule has 24 heavy (non-hydrogen) atoms. The quantitative estimate of drug-likeness (QED) is 0.760. The van der Waals surface area contributed by atoms with Crippen molar-refractivity contribution in [2.24, 2.45) is 11.8 Å². The molecule has 1 aromatic rings. The molecule has 0 saturated heterocycles. The molecular weight excluding hydrogens is 316 g/mol. The van der Waals surface area contributed by atoms with Gasteiger partial charge < -0.3 is 24.8 Å². The van der Waals surface area contributed by atoms with Gasteiger partial charge in [-0.3, -0.25) is 9.59 Å². The molecule has 0 unspecified atom stereocenters. The van der Waals surface area contributed by atoms with Gasteiger partial charge in [-0.05, 0) is 18.6 Å². The number of ether oxygens (including phenoxy) is 2. The normalized spacial score (nSPS) is 22.7. The van der Waals surface area contributed by atoms with E-state index in [0.717, 1.165) is 6.07 Å². The van der Waals surface area contributed by atoms with Crippen LogP contribution in [0.3, 0.4) is 0 Å². The molecule has 0 bridgehead atoms. The first-order valence-electron chi connectivity index (χ1n) is 7.20. The van der Waals surface area contributed by atoms with E-state index in [0.29, 0.717) is 5.57 Å². The van der Waals surface area contributed by atoms with E-state index in [9.17, 15) is 24.9 Å². The average molecular weight is 332 g/mol. The zero-order chi connectivity index (χ0) is 17.8. The maximum Gasteiger partial charge on any atom is 0.203 e. The number of phenolic OH excluding ortho intramolecular Hbond substituents is 2. The van der Waals surface area contributed by atoms with Gasteiger partial charge in [-0.2, -0.15) is 0 Å². The van der Waals surface area contributed by atoms with E-state index in [4.69, 9.17) is 9.47 Å². The number of Topliss-reactive ketones (excluding diaryl/α,β-unsaturated/α-hetero) is 2. The van der Waals surface area contributed by atoms with Crippen LogP contribution in [0, 0.1) is 11.8 Å². The van der Waals surface area contributed by atoms with Crippen LogP contribution in [-0.4, -0.2) is 41.1 Å². The number of carbonyl (C=O) groups excluding carboxylic acids is 2. The Morgan fingerprint density at radius 1 is 1.04 bits per heavy atom. The van der Waals surface area contributed by atoms with Crippen molar-refractivity contribution < 1.29 is 34.4 Å². The summed E-state index contributed by atoms with van der Waals surface area (Å²) in [6.45, 7) is 1.60. The molecule has 7 nitrogen and oxygen atoms in total. The largest absolute Gasteiger partial charge is 0.504 e. The third-order valence-corrected chi connectivity index (χ3v) is 4.43. The summed E-state index contributed by atoms with van der Waals surface area (Å²) in [6, 6.07) is 1.11. The number of allylic oxidation sites excluding steroid dienone is 3. The summed E-state index contributed by atoms with van der Waals surface area (Å²) in [5, 5.41) is 30.3. The average Bonchev–Trinajstić information content (AvgIpc) is 2.54. The van der Waals surface area contributed by atoms with E-state index in [-0.39, 0.29) is 28.4 Å². The smallest absolute Gasteiger partial charge is 0.203 e. The van der Waals surface area contributed by atoms with E-state index in [1.807, 2.05) is 0 Å². The summed E-state index contributed by atoms with van der Waals surface area (Å²) in [5.74, 6) is -4.53. The lowest BCUT2D eigenvalue weighted by molar-refractivity contribution is 0.0719. The maximum atomic E-state index is 12.9. The fourth-order valence-electron chi connectivity index (χ4n) is 3.30. The third-order valence-electron chi connectivity index (χ3n) is 4.43. The van der Waals surface area contributed by atoms with E-state index in [2.05, 4.69) is 0 Å². The number of aromatic hydroxyl groups is 2. The van der Waals surface area contributed by atoms with Gasteiger partial charge in [-0.1, -0.05) is 6.08 Å². The van der Waals surface area contributed by atoms with Crippen LogP contribution in [0.25, 0.3) is 0 Å². The molecular formula is C17H16O7. The Balaban J connectivity index is 2.30.